The maximum atomic E-state index is 9.22. The van der Waals surface area contributed by atoms with Crippen molar-refractivity contribution in [3.8, 4) is 24.3 Å². The monoisotopic (exact) mass is 282 g/mol. The predicted octanol–water partition coefficient (Wildman–Crippen LogP) is 2.96. The normalized spacial score (nSPS) is 9.09. The maximum absolute atomic E-state index is 9.22. The molecule has 0 heterocycles. The van der Waals surface area contributed by atoms with Crippen LogP contribution in [0.25, 0.3) is 0 Å². The van der Waals surface area contributed by atoms with E-state index in [0.29, 0.717) is 24.0 Å². The number of benzene rings is 2. The van der Waals surface area contributed by atoms with Crippen molar-refractivity contribution in [2.75, 3.05) is 0 Å². The fourth-order valence-electron chi connectivity index (χ4n) is 2.17. The minimum Gasteiger partial charge on any atom is -0.198 e. The van der Waals surface area contributed by atoms with Gasteiger partial charge in [-0.3, -0.25) is 0 Å². The first-order valence-corrected chi connectivity index (χ1v) is 6.53. The van der Waals surface area contributed by atoms with Gasteiger partial charge < -0.3 is 0 Å². The standard InChI is InChI=1S/C18H10N4/c19-6-5-13-1-3-14(4-2-13)7-15-8-17(11-21)18(12-22)9-16(15)10-20/h1-4,8-9H,5,7H2. The smallest absolute Gasteiger partial charge is 0.101 e. The van der Waals surface area contributed by atoms with Crippen LogP contribution in [0.4, 0.5) is 0 Å². The minimum absolute atomic E-state index is 0.215. The fourth-order valence-corrected chi connectivity index (χ4v) is 2.17. The molecular weight excluding hydrogens is 272 g/mol. The number of nitrogens with zero attached hydrogens (tertiary/aromatic N) is 4. The van der Waals surface area contributed by atoms with Crippen molar-refractivity contribution < 1.29 is 0 Å². The zero-order chi connectivity index (χ0) is 15.9. The van der Waals surface area contributed by atoms with E-state index in [4.69, 9.17) is 15.8 Å². The highest BCUT2D eigenvalue weighted by Crippen LogP contribution is 2.19. The molecule has 0 atom stereocenters. The van der Waals surface area contributed by atoms with Gasteiger partial charge in [-0.05, 0) is 35.2 Å². The van der Waals surface area contributed by atoms with Gasteiger partial charge in [0.05, 0.1) is 35.2 Å². The van der Waals surface area contributed by atoms with Crippen molar-refractivity contribution in [2.45, 2.75) is 12.8 Å². The van der Waals surface area contributed by atoms with Gasteiger partial charge in [0.15, 0.2) is 0 Å². The van der Waals surface area contributed by atoms with E-state index >= 15 is 0 Å². The van der Waals surface area contributed by atoms with Crippen LogP contribution in [-0.4, -0.2) is 0 Å². The first-order chi connectivity index (χ1) is 10.7. The molecule has 2 rings (SSSR count). The Kier molecular flexibility index (Phi) is 4.52. The summed E-state index contributed by atoms with van der Waals surface area (Å²) >= 11 is 0. The summed E-state index contributed by atoms with van der Waals surface area (Å²) in [5.41, 5.74) is 3.52. The zero-order valence-electron chi connectivity index (χ0n) is 11.7. The van der Waals surface area contributed by atoms with Gasteiger partial charge in [0, 0.05) is 0 Å². The van der Waals surface area contributed by atoms with E-state index in [1.807, 2.05) is 36.4 Å². The van der Waals surface area contributed by atoms with Gasteiger partial charge in [0.25, 0.3) is 0 Å². The molecule has 0 radical (unpaired) electrons. The van der Waals surface area contributed by atoms with Crippen LogP contribution in [0.1, 0.15) is 33.4 Å². The SMILES string of the molecule is N#CCc1ccc(Cc2cc(C#N)c(C#N)cc2C#N)cc1. The van der Waals surface area contributed by atoms with Crippen LogP contribution in [-0.2, 0) is 12.8 Å². The van der Waals surface area contributed by atoms with E-state index in [0.717, 1.165) is 11.1 Å². The Labute approximate surface area is 128 Å². The summed E-state index contributed by atoms with van der Waals surface area (Å²) in [5, 5.41) is 36.0. The highest BCUT2D eigenvalue weighted by Gasteiger charge is 2.10. The molecule has 22 heavy (non-hydrogen) atoms. The Hall–Kier alpha value is -3.60. The molecule has 0 bridgehead atoms. The Morgan fingerprint density at radius 3 is 1.77 bits per heavy atom. The summed E-state index contributed by atoms with van der Waals surface area (Å²) in [6, 6.07) is 18.7. The summed E-state index contributed by atoms with van der Waals surface area (Å²) in [6.07, 6.45) is 0.856. The Morgan fingerprint density at radius 1 is 0.682 bits per heavy atom. The molecule has 102 valence electrons. The molecule has 0 amide bonds. The van der Waals surface area contributed by atoms with Crippen LogP contribution in [0.3, 0.4) is 0 Å². The van der Waals surface area contributed by atoms with Gasteiger partial charge in [0.2, 0.25) is 0 Å². The fraction of sp³-hybridized carbons (Fsp3) is 0.111. The highest BCUT2D eigenvalue weighted by molar-refractivity contribution is 5.54. The molecule has 0 aliphatic heterocycles. The second kappa shape index (κ2) is 6.71. The molecule has 0 N–H and O–H groups in total. The maximum Gasteiger partial charge on any atom is 0.101 e. The Balaban J connectivity index is 2.37. The largest absolute Gasteiger partial charge is 0.198 e. The summed E-state index contributed by atoms with van der Waals surface area (Å²) in [7, 11) is 0. The van der Waals surface area contributed by atoms with Crippen LogP contribution in [0, 0.1) is 45.3 Å². The second-order valence-electron chi connectivity index (χ2n) is 4.72. The van der Waals surface area contributed by atoms with Gasteiger partial charge in [-0.25, -0.2) is 0 Å². The summed E-state index contributed by atoms with van der Waals surface area (Å²) < 4.78 is 0. The molecule has 0 spiro atoms. The topological polar surface area (TPSA) is 95.2 Å². The summed E-state index contributed by atoms with van der Waals surface area (Å²) in [6.45, 7) is 0. The Morgan fingerprint density at radius 2 is 1.23 bits per heavy atom. The molecule has 2 aromatic rings. The van der Waals surface area contributed by atoms with E-state index in [2.05, 4.69) is 12.1 Å². The number of hydrogen-bond donors (Lipinski definition) is 0. The van der Waals surface area contributed by atoms with Gasteiger partial charge in [-0.1, -0.05) is 24.3 Å². The van der Waals surface area contributed by atoms with Crippen LogP contribution in [0.5, 0.6) is 0 Å². The highest BCUT2D eigenvalue weighted by atomic mass is 14.3. The van der Waals surface area contributed by atoms with Crippen molar-refractivity contribution in [1.82, 2.24) is 0 Å². The third kappa shape index (κ3) is 3.10. The molecule has 2 aromatic carbocycles. The molecule has 0 unspecified atom stereocenters. The van der Waals surface area contributed by atoms with Crippen molar-refractivity contribution in [3.05, 3.63) is 69.8 Å². The molecular formula is C18H10N4. The predicted molar refractivity (Wildman–Crippen MR) is 79.2 cm³/mol. The van der Waals surface area contributed by atoms with Crippen molar-refractivity contribution in [1.29, 1.82) is 21.0 Å². The van der Waals surface area contributed by atoms with Gasteiger partial charge in [-0.15, -0.1) is 0 Å². The van der Waals surface area contributed by atoms with E-state index in [-0.39, 0.29) is 11.1 Å². The van der Waals surface area contributed by atoms with Gasteiger partial charge >= 0.3 is 0 Å². The lowest BCUT2D eigenvalue weighted by molar-refractivity contribution is 1.16. The summed E-state index contributed by atoms with van der Waals surface area (Å²) in [5.74, 6) is 0. The number of hydrogen-bond acceptors (Lipinski definition) is 4. The molecule has 0 aliphatic carbocycles. The first-order valence-electron chi connectivity index (χ1n) is 6.53. The lowest BCUT2D eigenvalue weighted by atomic mass is 9.95. The number of nitriles is 4. The van der Waals surface area contributed by atoms with Crippen LogP contribution in [0.15, 0.2) is 36.4 Å². The van der Waals surface area contributed by atoms with E-state index < -0.39 is 0 Å². The molecule has 0 aromatic heterocycles. The van der Waals surface area contributed by atoms with E-state index in [1.54, 1.807) is 6.07 Å². The molecule has 0 fully saturated rings. The van der Waals surface area contributed by atoms with Gasteiger partial charge in [-0.2, -0.15) is 21.0 Å². The second-order valence-corrected chi connectivity index (χ2v) is 4.72. The van der Waals surface area contributed by atoms with Crippen LogP contribution < -0.4 is 0 Å². The van der Waals surface area contributed by atoms with Gasteiger partial charge in [0.1, 0.15) is 12.1 Å². The van der Waals surface area contributed by atoms with Crippen LogP contribution >= 0.6 is 0 Å². The molecule has 0 saturated carbocycles. The summed E-state index contributed by atoms with van der Waals surface area (Å²) in [4.78, 5) is 0. The quantitative estimate of drug-likeness (QED) is 0.864. The van der Waals surface area contributed by atoms with Crippen LogP contribution in [0.2, 0.25) is 0 Å². The first kappa shape index (κ1) is 14.8. The minimum atomic E-state index is 0.215. The third-order valence-electron chi connectivity index (χ3n) is 3.31. The molecule has 0 aliphatic rings. The van der Waals surface area contributed by atoms with E-state index in [1.165, 1.54) is 6.07 Å². The average molecular weight is 282 g/mol. The lowest BCUT2D eigenvalue weighted by Crippen LogP contribution is -1.97. The third-order valence-corrected chi connectivity index (χ3v) is 3.31. The zero-order valence-corrected chi connectivity index (χ0v) is 11.7. The number of rotatable bonds is 3. The lowest BCUT2D eigenvalue weighted by Gasteiger charge is -2.07. The average Bonchev–Trinajstić information content (AvgIpc) is 2.56. The van der Waals surface area contributed by atoms with Crippen molar-refractivity contribution in [3.63, 3.8) is 0 Å². The van der Waals surface area contributed by atoms with Crippen molar-refractivity contribution in [2.24, 2.45) is 0 Å². The Bertz CT molecular complexity index is 866. The molecule has 0 saturated heterocycles. The molecule has 4 heteroatoms. The molecule has 4 nitrogen and oxygen atoms in total. The van der Waals surface area contributed by atoms with E-state index in [9.17, 15) is 5.26 Å². The van der Waals surface area contributed by atoms with Crippen molar-refractivity contribution >= 4 is 0 Å².